The highest BCUT2D eigenvalue weighted by molar-refractivity contribution is 6.04. The second-order valence-corrected chi connectivity index (χ2v) is 7.67. The lowest BCUT2D eigenvalue weighted by Crippen LogP contribution is -2.36. The standard InChI is InChI=1S/C22H25N3O2/c1-24(2)20-5-3-4-17(13-20)21(26)23-19-9-8-15-10-11-25(14-18(15)12-19)22(27)16-6-7-16/h3-5,8-9,12-13,16H,6-7,10-11,14H2,1-2H3,(H,23,26). The molecule has 4 rings (SSSR count). The van der Waals surface area contributed by atoms with Gasteiger partial charge in [0.05, 0.1) is 0 Å². The second kappa shape index (κ2) is 7.06. The summed E-state index contributed by atoms with van der Waals surface area (Å²) < 4.78 is 0. The van der Waals surface area contributed by atoms with Gasteiger partial charge < -0.3 is 15.1 Å². The van der Waals surface area contributed by atoms with E-state index in [0.29, 0.717) is 12.1 Å². The number of carbonyl (C=O) groups excluding carboxylic acids is 2. The van der Waals surface area contributed by atoms with Crippen LogP contribution in [-0.2, 0) is 17.8 Å². The van der Waals surface area contributed by atoms with Crippen LogP contribution in [0.2, 0.25) is 0 Å². The van der Waals surface area contributed by atoms with Crippen LogP contribution in [0.15, 0.2) is 42.5 Å². The summed E-state index contributed by atoms with van der Waals surface area (Å²) in [6, 6.07) is 13.6. The van der Waals surface area contributed by atoms with Gasteiger partial charge in [-0.1, -0.05) is 12.1 Å². The molecule has 0 unspecified atom stereocenters. The number of amides is 2. The van der Waals surface area contributed by atoms with E-state index in [9.17, 15) is 9.59 Å². The van der Waals surface area contributed by atoms with E-state index in [1.54, 1.807) is 0 Å². The molecule has 1 fully saturated rings. The maximum Gasteiger partial charge on any atom is 0.255 e. The second-order valence-electron chi connectivity index (χ2n) is 7.67. The lowest BCUT2D eigenvalue weighted by Gasteiger charge is -2.29. The number of anilines is 2. The Labute approximate surface area is 160 Å². The molecule has 5 heteroatoms. The molecule has 0 saturated heterocycles. The van der Waals surface area contributed by atoms with Crippen molar-refractivity contribution < 1.29 is 9.59 Å². The number of carbonyl (C=O) groups is 2. The summed E-state index contributed by atoms with van der Waals surface area (Å²) in [6.45, 7) is 1.44. The largest absolute Gasteiger partial charge is 0.378 e. The fourth-order valence-corrected chi connectivity index (χ4v) is 3.54. The SMILES string of the molecule is CN(C)c1cccc(C(=O)Nc2ccc3c(c2)CN(C(=O)C2CC2)CC3)c1. The minimum absolute atomic E-state index is 0.125. The minimum atomic E-state index is -0.125. The molecule has 0 aromatic heterocycles. The van der Waals surface area contributed by atoms with E-state index in [1.807, 2.05) is 60.3 Å². The molecule has 1 heterocycles. The van der Waals surface area contributed by atoms with Crippen LogP contribution in [0.5, 0.6) is 0 Å². The molecule has 1 aliphatic carbocycles. The Morgan fingerprint density at radius 2 is 1.89 bits per heavy atom. The first-order valence-electron chi connectivity index (χ1n) is 9.50. The first-order valence-corrected chi connectivity index (χ1v) is 9.50. The van der Waals surface area contributed by atoms with E-state index >= 15 is 0 Å². The van der Waals surface area contributed by atoms with Crippen LogP contribution >= 0.6 is 0 Å². The van der Waals surface area contributed by atoms with Crippen LogP contribution < -0.4 is 10.2 Å². The summed E-state index contributed by atoms with van der Waals surface area (Å²) in [6.07, 6.45) is 2.95. The fraction of sp³-hybridized carbons (Fsp3) is 0.364. The third-order valence-electron chi connectivity index (χ3n) is 5.34. The number of nitrogens with zero attached hydrogens (tertiary/aromatic N) is 2. The van der Waals surface area contributed by atoms with E-state index in [-0.39, 0.29) is 17.7 Å². The van der Waals surface area contributed by atoms with Gasteiger partial charge in [-0.2, -0.15) is 0 Å². The molecule has 2 aromatic carbocycles. The van der Waals surface area contributed by atoms with Crippen molar-refractivity contribution in [1.82, 2.24) is 4.90 Å². The highest BCUT2D eigenvalue weighted by atomic mass is 16.2. The Morgan fingerprint density at radius 3 is 2.63 bits per heavy atom. The molecular weight excluding hydrogens is 338 g/mol. The van der Waals surface area contributed by atoms with E-state index < -0.39 is 0 Å². The highest BCUT2D eigenvalue weighted by Gasteiger charge is 2.34. The summed E-state index contributed by atoms with van der Waals surface area (Å²) in [7, 11) is 3.91. The van der Waals surface area contributed by atoms with Crippen molar-refractivity contribution in [2.24, 2.45) is 5.92 Å². The van der Waals surface area contributed by atoms with E-state index in [4.69, 9.17) is 0 Å². The van der Waals surface area contributed by atoms with E-state index in [1.165, 1.54) is 5.56 Å². The third kappa shape index (κ3) is 3.82. The van der Waals surface area contributed by atoms with Crippen molar-refractivity contribution in [1.29, 1.82) is 0 Å². The Hall–Kier alpha value is -2.82. The van der Waals surface area contributed by atoms with Crippen LogP contribution in [0.3, 0.4) is 0 Å². The smallest absolute Gasteiger partial charge is 0.255 e. The Morgan fingerprint density at radius 1 is 1.07 bits per heavy atom. The molecule has 2 aliphatic rings. The van der Waals surface area contributed by atoms with Gasteiger partial charge in [0, 0.05) is 50.0 Å². The van der Waals surface area contributed by atoms with Crippen molar-refractivity contribution in [2.45, 2.75) is 25.8 Å². The monoisotopic (exact) mass is 363 g/mol. The third-order valence-corrected chi connectivity index (χ3v) is 5.34. The summed E-state index contributed by atoms with van der Waals surface area (Å²) in [5.41, 5.74) is 4.79. The summed E-state index contributed by atoms with van der Waals surface area (Å²) in [5, 5.41) is 2.99. The molecular formula is C22H25N3O2. The number of fused-ring (bicyclic) bond motifs is 1. The molecule has 140 valence electrons. The van der Waals surface area contributed by atoms with E-state index in [0.717, 1.165) is 42.7 Å². The minimum Gasteiger partial charge on any atom is -0.378 e. The van der Waals surface area contributed by atoms with Gasteiger partial charge in [-0.05, 0) is 60.7 Å². The van der Waals surface area contributed by atoms with Crippen molar-refractivity contribution in [3.63, 3.8) is 0 Å². The maximum absolute atomic E-state index is 12.6. The topological polar surface area (TPSA) is 52.7 Å². The van der Waals surface area contributed by atoms with Crippen LogP contribution in [0.25, 0.3) is 0 Å². The number of hydrogen-bond acceptors (Lipinski definition) is 3. The molecule has 2 aromatic rings. The van der Waals surface area contributed by atoms with Crippen molar-refractivity contribution in [3.05, 3.63) is 59.2 Å². The average Bonchev–Trinajstić information content (AvgIpc) is 3.52. The highest BCUT2D eigenvalue weighted by Crippen LogP contribution is 2.33. The average molecular weight is 363 g/mol. The number of rotatable bonds is 4. The molecule has 2 amide bonds. The fourth-order valence-electron chi connectivity index (χ4n) is 3.54. The molecule has 0 radical (unpaired) electrons. The molecule has 0 spiro atoms. The van der Waals surface area contributed by atoms with Crippen molar-refractivity contribution in [2.75, 3.05) is 30.9 Å². The molecule has 0 bridgehead atoms. The quantitative estimate of drug-likeness (QED) is 0.907. The molecule has 1 saturated carbocycles. The number of hydrogen-bond donors (Lipinski definition) is 1. The molecule has 27 heavy (non-hydrogen) atoms. The summed E-state index contributed by atoms with van der Waals surface area (Å²) in [4.78, 5) is 28.9. The zero-order chi connectivity index (χ0) is 19.0. The van der Waals surface area contributed by atoms with Gasteiger partial charge >= 0.3 is 0 Å². The summed E-state index contributed by atoms with van der Waals surface area (Å²) in [5.74, 6) is 0.411. The molecule has 1 N–H and O–H groups in total. The normalized spacial score (nSPS) is 15.9. The first-order chi connectivity index (χ1) is 13.0. The Bertz CT molecular complexity index is 887. The van der Waals surface area contributed by atoms with Gasteiger partial charge in [-0.3, -0.25) is 9.59 Å². The number of nitrogens with one attached hydrogen (secondary N) is 1. The van der Waals surface area contributed by atoms with Gasteiger partial charge in [-0.25, -0.2) is 0 Å². The van der Waals surface area contributed by atoms with Crippen LogP contribution in [0.1, 0.15) is 34.3 Å². The Kier molecular flexibility index (Phi) is 4.60. The molecule has 5 nitrogen and oxygen atoms in total. The lowest BCUT2D eigenvalue weighted by atomic mass is 9.98. The van der Waals surface area contributed by atoms with Crippen molar-refractivity contribution >= 4 is 23.2 Å². The first kappa shape index (κ1) is 17.6. The zero-order valence-corrected chi connectivity index (χ0v) is 15.9. The van der Waals surface area contributed by atoms with Crippen molar-refractivity contribution in [3.8, 4) is 0 Å². The predicted molar refractivity (Wildman–Crippen MR) is 107 cm³/mol. The number of benzene rings is 2. The van der Waals surface area contributed by atoms with Gasteiger partial charge in [0.25, 0.3) is 5.91 Å². The van der Waals surface area contributed by atoms with Gasteiger partial charge in [0.15, 0.2) is 0 Å². The van der Waals surface area contributed by atoms with Gasteiger partial charge in [0.2, 0.25) is 5.91 Å². The lowest BCUT2D eigenvalue weighted by molar-refractivity contribution is -0.133. The Balaban J connectivity index is 1.49. The van der Waals surface area contributed by atoms with Gasteiger partial charge in [-0.15, -0.1) is 0 Å². The predicted octanol–water partition coefficient (Wildman–Crippen LogP) is 3.30. The van der Waals surface area contributed by atoms with Gasteiger partial charge in [0.1, 0.15) is 0 Å². The van der Waals surface area contributed by atoms with Crippen LogP contribution in [0, 0.1) is 5.92 Å². The molecule has 1 aliphatic heterocycles. The maximum atomic E-state index is 12.6. The summed E-state index contributed by atoms with van der Waals surface area (Å²) >= 11 is 0. The zero-order valence-electron chi connectivity index (χ0n) is 15.9. The molecule has 0 atom stereocenters. The van der Waals surface area contributed by atoms with Crippen LogP contribution in [-0.4, -0.2) is 37.4 Å². The van der Waals surface area contributed by atoms with E-state index in [2.05, 4.69) is 11.4 Å². The van der Waals surface area contributed by atoms with Crippen LogP contribution in [0.4, 0.5) is 11.4 Å².